The first-order chi connectivity index (χ1) is 9.97. The lowest BCUT2D eigenvalue weighted by Gasteiger charge is -2.11. The molecule has 2 aromatic rings. The minimum Gasteiger partial charge on any atom is -0.348 e. The van der Waals surface area contributed by atoms with Gasteiger partial charge in [-0.15, -0.1) is 10.2 Å². The highest BCUT2D eigenvalue weighted by Gasteiger charge is 2.08. The molecule has 2 rings (SSSR count). The molecule has 0 spiro atoms. The second-order valence-electron chi connectivity index (χ2n) is 5.44. The number of hydrazone groups is 1. The summed E-state index contributed by atoms with van der Waals surface area (Å²) in [4.78, 5) is 0. The molecule has 0 aliphatic rings. The maximum Gasteiger partial charge on any atom is 0.168 e. The van der Waals surface area contributed by atoms with E-state index in [4.69, 9.17) is 11.6 Å². The van der Waals surface area contributed by atoms with Crippen LogP contribution in [0.15, 0.2) is 23.3 Å². The molecule has 112 valence electrons. The predicted molar refractivity (Wildman–Crippen MR) is 87.0 cm³/mol. The van der Waals surface area contributed by atoms with Crippen LogP contribution in [0, 0.1) is 19.8 Å². The molecule has 0 saturated carbocycles. The maximum absolute atomic E-state index is 5.68. The molecule has 0 aliphatic carbocycles. The van der Waals surface area contributed by atoms with E-state index in [0.717, 1.165) is 12.1 Å². The summed E-state index contributed by atoms with van der Waals surface area (Å²) in [5.41, 5.74) is 6.41. The topological polar surface area (TPSA) is 55.1 Å². The molecular formula is C15H20ClN5. The smallest absolute Gasteiger partial charge is 0.168 e. The quantitative estimate of drug-likeness (QED) is 0.677. The van der Waals surface area contributed by atoms with Gasteiger partial charge in [0.1, 0.15) is 0 Å². The molecule has 0 aliphatic heterocycles. The Morgan fingerprint density at radius 1 is 1.33 bits per heavy atom. The molecule has 0 fully saturated rings. The molecule has 0 saturated heterocycles. The van der Waals surface area contributed by atoms with E-state index in [2.05, 4.69) is 59.1 Å². The minimum atomic E-state index is 0.363. The van der Waals surface area contributed by atoms with Gasteiger partial charge in [0.05, 0.1) is 6.21 Å². The molecule has 1 N–H and O–H groups in total. The number of aryl methyl sites for hydroxylation is 1. The normalized spacial score (nSPS) is 11.5. The van der Waals surface area contributed by atoms with Crippen molar-refractivity contribution < 1.29 is 0 Å². The third-order valence-electron chi connectivity index (χ3n) is 3.18. The van der Waals surface area contributed by atoms with Crippen LogP contribution in [0.1, 0.15) is 30.8 Å². The average molecular weight is 306 g/mol. The number of hydrogen-bond donors (Lipinski definition) is 1. The predicted octanol–water partition coefficient (Wildman–Crippen LogP) is 3.65. The van der Waals surface area contributed by atoms with Crippen LogP contribution in [0.3, 0.4) is 0 Å². The second-order valence-corrected chi connectivity index (χ2v) is 5.83. The number of nitrogens with zero attached hydrogens (tertiary/aromatic N) is 4. The summed E-state index contributed by atoms with van der Waals surface area (Å²) < 4.78 is 2.31. The molecule has 2 heterocycles. The molecule has 0 bridgehead atoms. The van der Waals surface area contributed by atoms with Crippen molar-refractivity contribution >= 4 is 23.6 Å². The van der Waals surface area contributed by atoms with Gasteiger partial charge in [0.25, 0.3) is 0 Å². The maximum atomic E-state index is 5.68. The fourth-order valence-corrected chi connectivity index (χ4v) is 2.25. The molecule has 0 radical (unpaired) electrons. The van der Waals surface area contributed by atoms with Gasteiger partial charge >= 0.3 is 0 Å². The van der Waals surface area contributed by atoms with Gasteiger partial charge in [-0.25, -0.2) is 0 Å². The Morgan fingerprint density at radius 2 is 2.10 bits per heavy atom. The zero-order valence-electron chi connectivity index (χ0n) is 12.8. The first kappa shape index (κ1) is 15.5. The summed E-state index contributed by atoms with van der Waals surface area (Å²) in [7, 11) is 0. The van der Waals surface area contributed by atoms with E-state index in [0.29, 0.717) is 16.9 Å². The number of rotatable bonds is 5. The number of hydrogen-bond acceptors (Lipinski definition) is 4. The first-order valence-corrected chi connectivity index (χ1v) is 7.30. The monoisotopic (exact) mass is 305 g/mol. The zero-order valence-corrected chi connectivity index (χ0v) is 13.5. The third-order valence-corrected chi connectivity index (χ3v) is 3.38. The van der Waals surface area contributed by atoms with E-state index < -0.39 is 0 Å². The first-order valence-electron chi connectivity index (χ1n) is 6.92. The van der Waals surface area contributed by atoms with Crippen LogP contribution >= 0.6 is 11.6 Å². The van der Waals surface area contributed by atoms with E-state index in [1.54, 1.807) is 18.3 Å². The van der Waals surface area contributed by atoms with Crippen LogP contribution in [-0.4, -0.2) is 21.0 Å². The fourth-order valence-electron chi connectivity index (χ4n) is 2.15. The molecule has 5 nitrogen and oxygen atoms in total. The molecule has 0 atom stereocenters. The van der Waals surface area contributed by atoms with Gasteiger partial charge in [0.2, 0.25) is 0 Å². The van der Waals surface area contributed by atoms with Gasteiger partial charge in [-0.1, -0.05) is 25.4 Å². The zero-order chi connectivity index (χ0) is 15.4. The van der Waals surface area contributed by atoms with Crippen molar-refractivity contribution in [3.8, 4) is 0 Å². The highest BCUT2D eigenvalue weighted by Crippen LogP contribution is 2.15. The van der Waals surface area contributed by atoms with Gasteiger partial charge in [-0.3, -0.25) is 5.43 Å². The largest absolute Gasteiger partial charge is 0.348 e. The van der Waals surface area contributed by atoms with Crippen molar-refractivity contribution in [1.82, 2.24) is 14.8 Å². The molecule has 21 heavy (non-hydrogen) atoms. The molecule has 0 aromatic carbocycles. The van der Waals surface area contributed by atoms with Crippen molar-refractivity contribution in [3.63, 3.8) is 0 Å². The summed E-state index contributed by atoms with van der Waals surface area (Å²) in [5, 5.41) is 12.2. The Morgan fingerprint density at radius 3 is 2.71 bits per heavy atom. The van der Waals surface area contributed by atoms with Crippen LogP contribution in [-0.2, 0) is 6.54 Å². The summed E-state index contributed by atoms with van der Waals surface area (Å²) in [6.45, 7) is 9.67. The Kier molecular flexibility index (Phi) is 4.96. The van der Waals surface area contributed by atoms with Gasteiger partial charge in [-0.2, -0.15) is 5.10 Å². The number of nitrogens with one attached hydrogen (secondary N) is 1. The summed E-state index contributed by atoms with van der Waals surface area (Å²) in [6.07, 6.45) is 1.80. The van der Waals surface area contributed by atoms with E-state index in [-0.39, 0.29) is 0 Å². The highest BCUT2D eigenvalue weighted by molar-refractivity contribution is 6.29. The number of halogens is 1. The molecular weight excluding hydrogens is 286 g/mol. The van der Waals surface area contributed by atoms with E-state index >= 15 is 0 Å². The Labute approximate surface area is 130 Å². The average Bonchev–Trinajstić information content (AvgIpc) is 2.68. The van der Waals surface area contributed by atoms with Crippen molar-refractivity contribution in [2.24, 2.45) is 11.0 Å². The number of aromatic nitrogens is 3. The van der Waals surface area contributed by atoms with Gasteiger partial charge in [0, 0.05) is 23.5 Å². The molecule has 0 amide bonds. The van der Waals surface area contributed by atoms with Crippen molar-refractivity contribution in [1.29, 1.82) is 0 Å². The van der Waals surface area contributed by atoms with Gasteiger partial charge < -0.3 is 4.57 Å². The number of anilines is 1. The molecule has 0 unspecified atom stereocenters. The van der Waals surface area contributed by atoms with Crippen LogP contribution in [0.5, 0.6) is 0 Å². The molecule has 6 heteroatoms. The summed E-state index contributed by atoms with van der Waals surface area (Å²) in [5.74, 6) is 1.17. The molecule has 2 aromatic heterocycles. The second kappa shape index (κ2) is 6.72. The minimum absolute atomic E-state index is 0.363. The van der Waals surface area contributed by atoms with Crippen LogP contribution in [0.25, 0.3) is 0 Å². The lowest BCUT2D eigenvalue weighted by Crippen LogP contribution is -2.08. The van der Waals surface area contributed by atoms with Gasteiger partial charge in [0.15, 0.2) is 11.0 Å². The van der Waals surface area contributed by atoms with Crippen LogP contribution < -0.4 is 5.43 Å². The Hall–Kier alpha value is -1.88. The fraction of sp³-hybridized carbons (Fsp3) is 0.400. The summed E-state index contributed by atoms with van der Waals surface area (Å²) >= 11 is 5.68. The van der Waals surface area contributed by atoms with Gasteiger partial charge in [-0.05, 0) is 38.0 Å². The van der Waals surface area contributed by atoms with Crippen molar-refractivity contribution in [3.05, 3.63) is 40.3 Å². The Bertz CT molecular complexity index is 628. The van der Waals surface area contributed by atoms with Crippen LogP contribution in [0.2, 0.25) is 5.15 Å². The standard InChI is InChI=1S/C15H20ClN5/c1-10(2)9-21-11(3)7-13(12(21)4)8-17-19-15-6-5-14(16)18-20-15/h5-8,10H,9H2,1-4H3,(H,19,20). The van der Waals surface area contributed by atoms with E-state index in [1.165, 1.54) is 11.4 Å². The van der Waals surface area contributed by atoms with Crippen LogP contribution in [0.4, 0.5) is 5.82 Å². The van der Waals surface area contributed by atoms with E-state index in [9.17, 15) is 0 Å². The van der Waals surface area contributed by atoms with Crippen molar-refractivity contribution in [2.45, 2.75) is 34.2 Å². The van der Waals surface area contributed by atoms with E-state index in [1.807, 2.05) is 0 Å². The lowest BCUT2D eigenvalue weighted by atomic mass is 10.2. The van der Waals surface area contributed by atoms with Crippen molar-refractivity contribution in [2.75, 3.05) is 5.43 Å². The Balaban J connectivity index is 2.09. The summed E-state index contributed by atoms with van der Waals surface area (Å²) in [6, 6.07) is 5.53. The third kappa shape index (κ3) is 4.04. The lowest BCUT2D eigenvalue weighted by molar-refractivity contribution is 0.509. The SMILES string of the molecule is Cc1cc(C=NNc2ccc(Cl)nn2)c(C)n1CC(C)C. The highest BCUT2D eigenvalue weighted by atomic mass is 35.5.